The molecule has 1 saturated heterocycles. The molecule has 1 aliphatic carbocycles. The van der Waals surface area contributed by atoms with Crippen LogP contribution in [0.4, 0.5) is 5.69 Å². The van der Waals surface area contributed by atoms with Crippen LogP contribution < -0.4 is 5.32 Å². The van der Waals surface area contributed by atoms with Crippen LogP contribution in [-0.2, 0) is 9.59 Å². The average Bonchev–Trinajstić information content (AvgIpc) is 3.11. The molecule has 1 saturated carbocycles. The number of anilines is 1. The lowest BCUT2D eigenvalue weighted by Gasteiger charge is -2.24. The molecule has 2 amide bonds. The highest BCUT2D eigenvalue weighted by molar-refractivity contribution is 6.34. The zero-order chi connectivity index (χ0) is 16.6. The average molecular weight is 335 g/mol. The highest BCUT2D eigenvalue weighted by Crippen LogP contribution is 2.32. The van der Waals surface area contributed by atoms with Crippen molar-refractivity contribution in [2.45, 2.75) is 52.0 Å². The first-order valence-corrected chi connectivity index (χ1v) is 8.70. The Bertz CT molecular complexity index is 615. The SMILES string of the molecule is Cc1cc(C)c(NC(=O)[C@H]2CC(=O)N(C3CCCC3)C2)c(Cl)c1. The number of likely N-dealkylation sites (tertiary alicyclic amines) is 1. The van der Waals surface area contributed by atoms with Crippen LogP contribution in [0, 0.1) is 19.8 Å². The van der Waals surface area contributed by atoms with E-state index in [-0.39, 0.29) is 17.7 Å². The summed E-state index contributed by atoms with van der Waals surface area (Å²) in [5.41, 5.74) is 2.67. The number of halogens is 1. The van der Waals surface area contributed by atoms with Gasteiger partial charge in [-0.05, 0) is 43.9 Å². The van der Waals surface area contributed by atoms with Crippen molar-refractivity contribution in [3.05, 3.63) is 28.3 Å². The van der Waals surface area contributed by atoms with Crippen molar-refractivity contribution < 1.29 is 9.59 Å². The number of nitrogens with one attached hydrogen (secondary N) is 1. The Kier molecular flexibility index (Phi) is 4.62. The van der Waals surface area contributed by atoms with Gasteiger partial charge < -0.3 is 10.2 Å². The van der Waals surface area contributed by atoms with Gasteiger partial charge in [0.1, 0.15) is 0 Å². The van der Waals surface area contributed by atoms with Gasteiger partial charge in [-0.2, -0.15) is 0 Å². The summed E-state index contributed by atoms with van der Waals surface area (Å²) in [7, 11) is 0. The van der Waals surface area contributed by atoms with Crippen LogP contribution in [0.25, 0.3) is 0 Å². The van der Waals surface area contributed by atoms with Crippen molar-refractivity contribution in [3.8, 4) is 0 Å². The third kappa shape index (κ3) is 3.37. The second-order valence-electron chi connectivity index (χ2n) is 6.81. The van der Waals surface area contributed by atoms with Crippen molar-refractivity contribution in [1.29, 1.82) is 0 Å². The molecule has 0 bridgehead atoms. The van der Waals surface area contributed by atoms with Gasteiger partial charge >= 0.3 is 0 Å². The molecular formula is C18H23ClN2O2. The van der Waals surface area contributed by atoms with Gasteiger partial charge in [-0.15, -0.1) is 0 Å². The number of amides is 2. The summed E-state index contributed by atoms with van der Waals surface area (Å²) >= 11 is 6.25. The molecule has 3 rings (SSSR count). The van der Waals surface area contributed by atoms with Crippen LogP contribution in [0.15, 0.2) is 12.1 Å². The Balaban J connectivity index is 1.69. The minimum absolute atomic E-state index is 0.104. The first kappa shape index (κ1) is 16.3. The van der Waals surface area contributed by atoms with Crippen LogP contribution in [0.2, 0.25) is 5.02 Å². The van der Waals surface area contributed by atoms with Crippen LogP contribution in [0.1, 0.15) is 43.2 Å². The third-order valence-electron chi connectivity index (χ3n) is 4.97. The van der Waals surface area contributed by atoms with E-state index in [1.165, 1.54) is 12.8 Å². The molecule has 4 nitrogen and oxygen atoms in total. The molecule has 2 fully saturated rings. The predicted molar refractivity (Wildman–Crippen MR) is 91.6 cm³/mol. The number of nitrogens with zero attached hydrogens (tertiary/aromatic N) is 1. The van der Waals surface area contributed by atoms with Crippen molar-refractivity contribution in [2.24, 2.45) is 5.92 Å². The zero-order valence-electron chi connectivity index (χ0n) is 13.7. The lowest BCUT2D eigenvalue weighted by atomic mass is 10.1. The summed E-state index contributed by atoms with van der Waals surface area (Å²) in [6, 6.07) is 4.17. The van der Waals surface area contributed by atoms with Crippen molar-refractivity contribution >= 4 is 29.1 Å². The van der Waals surface area contributed by atoms with Gasteiger partial charge in [0.25, 0.3) is 0 Å². The second kappa shape index (κ2) is 6.52. The first-order valence-electron chi connectivity index (χ1n) is 8.33. The smallest absolute Gasteiger partial charge is 0.229 e. The Morgan fingerprint density at radius 3 is 2.61 bits per heavy atom. The van der Waals surface area contributed by atoms with Crippen LogP contribution in [0.5, 0.6) is 0 Å². The molecule has 1 aromatic rings. The molecule has 0 aromatic heterocycles. The summed E-state index contributed by atoms with van der Waals surface area (Å²) in [5, 5.41) is 3.48. The fourth-order valence-electron chi connectivity index (χ4n) is 3.78. The molecule has 124 valence electrons. The van der Waals surface area contributed by atoms with E-state index in [0.717, 1.165) is 24.0 Å². The fourth-order valence-corrected chi connectivity index (χ4v) is 4.14. The largest absolute Gasteiger partial charge is 0.339 e. The molecule has 2 aliphatic rings. The molecule has 23 heavy (non-hydrogen) atoms. The predicted octanol–water partition coefficient (Wildman–Crippen LogP) is 3.69. The Morgan fingerprint density at radius 1 is 1.26 bits per heavy atom. The monoisotopic (exact) mass is 334 g/mol. The molecule has 1 atom stereocenters. The number of carbonyl (C=O) groups excluding carboxylic acids is 2. The van der Waals surface area contributed by atoms with Crippen LogP contribution in [-0.4, -0.2) is 29.3 Å². The minimum Gasteiger partial charge on any atom is -0.339 e. The summed E-state index contributed by atoms with van der Waals surface area (Å²) in [5.74, 6) is -0.267. The molecule has 1 aliphatic heterocycles. The van der Waals surface area contributed by atoms with E-state index in [2.05, 4.69) is 5.32 Å². The lowest BCUT2D eigenvalue weighted by molar-refractivity contribution is -0.129. The standard InChI is InChI=1S/C18H23ClN2O2/c1-11-7-12(2)17(15(19)8-11)20-18(23)13-9-16(22)21(10-13)14-5-3-4-6-14/h7-8,13-14H,3-6,9-10H2,1-2H3,(H,20,23)/t13-/m0/s1. The maximum Gasteiger partial charge on any atom is 0.229 e. The second-order valence-corrected chi connectivity index (χ2v) is 7.22. The topological polar surface area (TPSA) is 49.4 Å². The molecular weight excluding hydrogens is 312 g/mol. The van der Waals surface area contributed by atoms with Gasteiger partial charge in [-0.3, -0.25) is 9.59 Å². The number of rotatable bonds is 3. The molecule has 1 aromatic carbocycles. The summed E-state index contributed by atoms with van der Waals surface area (Å²) < 4.78 is 0. The summed E-state index contributed by atoms with van der Waals surface area (Å²) in [6.45, 7) is 4.44. The van der Waals surface area contributed by atoms with E-state index in [0.29, 0.717) is 29.7 Å². The maximum absolute atomic E-state index is 12.6. The van der Waals surface area contributed by atoms with E-state index in [4.69, 9.17) is 11.6 Å². The number of hydrogen-bond acceptors (Lipinski definition) is 2. The summed E-state index contributed by atoms with van der Waals surface area (Å²) in [4.78, 5) is 26.7. The lowest BCUT2D eigenvalue weighted by Crippen LogP contribution is -2.35. The highest BCUT2D eigenvalue weighted by atomic mass is 35.5. The molecule has 0 radical (unpaired) electrons. The minimum atomic E-state index is -0.278. The first-order chi connectivity index (χ1) is 11.0. The van der Waals surface area contributed by atoms with Gasteiger partial charge in [-0.25, -0.2) is 0 Å². The van der Waals surface area contributed by atoms with Gasteiger partial charge in [0.15, 0.2) is 0 Å². The quantitative estimate of drug-likeness (QED) is 0.916. The van der Waals surface area contributed by atoms with Gasteiger partial charge in [-0.1, -0.05) is 30.5 Å². The van der Waals surface area contributed by atoms with Gasteiger partial charge in [0, 0.05) is 19.0 Å². The summed E-state index contributed by atoms with van der Waals surface area (Å²) in [6.07, 6.45) is 4.82. The molecule has 0 unspecified atom stereocenters. The van der Waals surface area contributed by atoms with E-state index in [1.807, 2.05) is 30.9 Å². The van der Waals surface area contributed by atoms with E-state index >= 15 is 0 Å². The molecule has 5 heteroatoms. The number of carbonyl (C=O) groups is 2. The van der Waals surface area contributed by atoms with Gasteiger partial charge in [0.05, 0.1) is 16.6 Å². The number of hydrogen-bond donors (Lipinski definition) is 1. The molecule has 0 spiro atoms. The number of benzene rings is 1. The Hall–Kier alpha value is -1.55. The fraction of sp³-hybridized carbons (Fsp3) is 0.556. The number of aryl methyl sites for hydroxylation is 2. The van der Waals surface area contributed by atoms with Gasteiger partial charge in [0.2, 0.25) is 11.8 Å². The third-order valence-corrected chi connectivity index (χ3v) is 5.27. The van der Waals surface area contributed by atoms with Crippen LogP contribution in [0.3, 0.4) is 0 Å². The maximum atomic E-state index is 12.6. The van der Waals surface area contributed by atoms with Crippen molar-refractivity contribution in [2.75, 3.05) is 11.9 Å². The Morgan fingerprint density at radius 2 is 1.96 bits per heavy atom. The van der Waals surface area contributed by atoms with Crippen molar-refractivity contribution in [3.63, 3.8) is 0 Å². The Labute approximate surface area is 142 Å². The normalized spacial score (nSPS) is 22.0. The highest BCUT2D eigenvalue weighted by Gasteiger charge is 2.38. The van der Waals surface area contributed by atoms with Crippen LogP contribution >= 0.6 is 11.6 Å². The zero-order valence-corrected chi connectivity index (χ0v) is 14.4. The molecule has 1 heterocycles. The van der Waals surface area contributed by atoms with E-state index in [9.17, 15) is 9.59 Å². The van der Waals surface area contributed by atoms with Crippen molar-refractivity contribution in [1.82, 2.24) is 4.90 Å². The van der Waals surface area contributed by atoms with E-state index in [1.54, 1.807) is 0 Å². The van der Waals surface area contributed by atoms with E-state index < -0.39 is 0 Å². The molecule has 1 N–H and O–H groups in total.